The fraction of sp³-hybridized carbons (Fsp3) is 0.833. The van der Waals surface area contributed by atoms with Gasteiger partial charge >= 0.3 is 0 Å². The summed E-state index contributed by atoms with van der Waals surface area (Å²) in [5.74, 6) is 0.934. The Bertz CT molecular complexity index is 463. The van der Waals surface area contributed by atoms with Crippen LogP contribution in [0.4, 0.5) is 0 Å². The average molecular weight is 449 g/mol. The molecular weight excluding hydrogens is 417 g/mol. The zero-order valence-corrected chi connectivity index (χ0v) is 17.3. The van der Waals surface area contributed by atoms with E-state index in [0.717, 1.165) is 51.6 Å². The summed E-state index contributed by atoms with van der Waals surface area (Å²) in [6.45, 7) is 5.48. The maximum Gasteiger partial charge on any atom is 0.191 e. The van der Waals surface area contributed by atoms with E-state index in [1.807, 2.05) is 7.05 Å². The first-order valence-electron chi connectivity index (χ1n) is 9.13. The lowest BCUT2D eigenvalue weighted by atomic mass is 9.51. The van der Waals surface area contributed by atoms with Gasteiger partial charge in [-0.15, -0.1) is 24.0 Å². The first-order chi connectivity index (χ1) is 11.3. The lowest BCUT2D eigenvalue weighted by Gasteiger charge is -2.61. The summed E-state index contributed by atoms with van der Waals surface area (Å²) < 4.78 is 11.3. The number of rotatable bonds is 6. The van der Waals surface area contributed by atoms with E-state index in [9.17, 15) is 0 Å². The molecule has 1 heterocycles. The summed E-state index contributed by atoms with van der Waals surface area (Å²) in [4.78, 5) is 4.40. The molecule has 138 valence electrons. The molecule has 1 spiro atoms. The van der Waals surface area contributed by atoms with Crippen molar-refractivity contribution in [1.29, 1.82) is 0 Å². The molecule has 0 radical (unpaired) electrons. The first kappa shape index (κ1) is 20.0. The normalized spacial score (nSPS) is 28.2. The smallest absolute Gasteiger partial charge is 0.191 e. The van der Waals surface area contributed by atoms with Gasteiger partial charge in [-0.2, -0.15) is 0 Å². The fourth-order valence-corrected chi connectivity index (χ4v) is 4.13. The molecule has 0 aromatic heterocycles. The van der Waals surface area contributed by atoms with E-state index in [2.05, 4.69) is 28.6 Å². The molecule has 0 aromatic rings. The van der Waals surface area contributed by atoms with Crippen molar-refractivity contribution in [2.45, 2.75) is 57.6 Å². The van der Waals surface area contributed by atoms with Gasteiger partial charge in [-0.3, -0.25) is 4.99 Å². The van der Waals surface area contributed by atoms with Crippen molar-refractivity contribution in [3.05, 3.63) is 11.6 Å². The number of ether oxygens (including phenoxy) is 2. The van der Waals surface area contributed by atoms with Crippen LogP contribution in [0.3, 0.4) is 0 Å². The number of guanidine groups is 1. The Morgan fingerprint density at radius 1 is 1.46 bits per heavy atom. The summed E-state index contributed by atoms with van der Waals surface area (Å²) in [6, 6.07) is 0.515. The molecule has 2 atom stereocenters. The molecule has 2 aliphatic carbocycles. The van der Waals surface area contributed by atoms with Crippen LogP contribution in [-0.2, 0) is 9.47 Å². The van der Waals surface area contributed by atoms with Crippen LogP contribution in [0.5, 0.6) is 0 Å². The molecule has 2 unspecified atom stereocenters. The summed E-state index contributed by atoms with van der Waals surface area (Å²) in [6.07, 6.45) is 9.82. The number of nitrogens with zero attached hydrogens (tertiary/aromatic N) is 1. The molecule has 3 rings (SSSR count). The fourth-order valence-electron chi connectivity index (χ4n) is 4.13. The molecule has 0 saturated heterocycles. The second-order valence-corrected chi connectivity index (χ2v) is 6.90. The van der Waals surface area contributed by atoms with Crippen molar-refractivity contribution in [3.63, 3.8) is 0 Å². The Labute approximate surface area is 163 Å². The molecule has 2 N–H and O–H groups in total. The maximum atomic E-state index is 5.92. The van der Waals surface area contributed by atoms with Crippen LogP contribution in [0.1, 0.15) is 45.4 Å². The summed E-state index contributed by atoms with van der Waals surface area (Å²) in [7, 11) is 1.86. The topological polar surface area (TPSA) is 54.9 Å². The predicted molar refractivity (Wildman–Crippen MR) is 108 cm³/mol. The molecule has 24 heavy (non-hydrogen) atoms. The number of hydrogen-bond donors (Lipinski definition) is 2. The molecule has 0 bridgehead atoms. The highest BCUT2D eigenvalue weighted by Crippen LogP contribution is 2.57. The van der Waals surface area contributed by atoms with Crippen LogP contribution in [0, 0.1) is 5.41 Å². The summed E-state index contributed by atoms with van der Waals surface area (Å²) in [5, 5.41) is 7.10. The molecule has 6 heteroatoms. The van der Waals surface area contributed by atoms with Gasteiger partial charge in [0.05, 0.1) is 19.3 Å². The lowest BCUT2D eigenvalue weighted by Crippen LogP contribution is -2.68. The number of hydrogen-bond acceptors (Lipinski definition) is 3. The zero-order valence-electron chi connectivity index (χ0n) is 15.0. The van der Waals surface area contributed by atoms with Crippen LogP contribution < -0.4 is 10.6 Å². The van der Waals surface area contributed by atoms with E-state index in [-0.39, 0.29) is 24.0 Å². The predicted octanol–water partition coefficient (Wildman–Crippen LogP) is 2.85. The lowest BCUT2D eigenvalue weighted by molar-refractivity contribution is -0.168. The zero-order chi connectivity index (χ0) is 16.1. The van der Waals surface area contributed by atoms with E-state index in [1.54, 1.807) is 0 Å². The van der Waals surface area contributed by atoms with E-state index in [4.69, 9.17) is 9.47 Å². The van der Waals surface area contributed by atoms with E-state index in [0.29, 0.717) is 17.6 Å². The van der Waals surface area contributed by atoms with Crippen LogP contribution in [0.25, 0.3) is 0 Å². The van der Waals surface area contributed by atoms with Gasteiger partial charge in [-0.05, 0) is 39.0 Å². The molecule has 2 saturated carbocycles. The van der Waals surface area contributed by atoms with Crippen molar-refractivity contribution < 1.29 is 9.47 Å². The number of nitrogens with one attached hydrogen (secondary N) is 2. The molecular formula is C18H32IN3O2. The third-order valence-corrected chi connectivity index (χ3v) is 5.77. The Hall–Kier alpha value is -0.340. The van der Waals surface area contributed by atoms with Crippen molar-refractivity contribution >= 4 is 29.9 Å². The molecule has 0 amide bonds. The Balaban J connectivity index is 0.00000208. The number of aliphatic imine (C=N–C) groups is 1. The monoisotopic (exact) mass is 449 g/mol. The van der Waals surface area contributed by atoms with Crippen molar-refractivity contribution in [2.24, 2.45) is 10.4 Å². The van der Waals surface area contributed by atoms with Crippen LogP contribution in [0.2, 0.25) is 0 Å². The Kier molecular flexibility index (Phi) is 7.81. The van der Waals surface area contributed by atoms with Crippen molar-refractivity contribution in [1.82, 2.24) is 10.6 Å². The third-order valence-electron chi connectivity index (χ3n) is 5.77. The van der Waals surface area contributed by atoms with Crippen LogP contribution >= 0.6 is 24.0 Å². The second-order valence-electron chi connectivity index (χ2n) is 6.90. The van der Waals surface area contributed by atoms with Crippen LogP contribution in [-0.4, -0.2) is 51.5 Å². The molecule has 5 nitrogen and oxygen atoms in total. The second kappa shape index (κ2) is 9.38. The molecule has 1 aliphatic heterocycles. The minimum absolute atomic E-state index is 0. The van der Waals surface area contributed by atoms with Gasteiger partial charge in [0.15, 0.2) is 5.96 Å². The highest BCUT2D eigenvalue weighted by molar-refractivity contribution is 14.0. The SMILES string of the molecule is CCOC1CC(NC(=NC)NCCC2=CCOCC2)C12CCC2.I. The molecule has 0 aromatic carbocycles. The average Bonchev–Trinajstić information content (AvgIpc) is 2.51. The summed E-state index contributed by atoms with van der Waals surface area (Å²) in [5.41, 5.74) is 1.87. The summed E-state index contributed by atoms with van der Waals surface area (Å²) >= 11 is 0. The van der Waals surface area contributed by atoms with Crippen LogP contribution in [0.15, 0.2) is 16.6 Å². The van der Waals surface area contributed by atoms with Gasteiger partial charge in [0.25, 0.3) is 0 Å². The van der Waals surface area contributed by atoms with E-state index in [1.165, 1.54) is 24.8 Å². The van der Waals surface area contributed by atoms with E-state index < -0.39 is 0 Å². The van der Waals surface area contributed by atoms with Gasteiger partial charge < -0.3 is 20.1 Å². The maximum absolute atomic E-state index is 5.92. The quantitative estimate of drug-likeness (QED) is 0.284. The number of halogens is 1. The minimum atomic E-state index is 0. The Morgan fingerprint density at radius 3 is 2.88 bits per heavy atom. The highest BCUT2D eigenvalue weighted by Gasteiger charge is 2.59. The van der Waals surface area contributed by atoms with Gasteiger partial charge in [-0.1, -0.05) is 18.1 Å². The van der Waals surface area contributed by atoms with Gasteiger partial charge in [-0.25, -0.2) is 0 Å². The van der Waals surface area contributed by atoms with Crippen molar-refractivity contribution in [2.75, 3.05) is 33.4 Å². The highest BCUT2D eigenvalue weighted by atomic mass is 127. The van der Waals surface area contributed by atoms with Gasteiger partial charge in [0, 0.05) is 31.7 Å². The van der Waals surface area contributed by atoms with Gasteiger partial charge in [0.2, 0.25) is 0 Å². The third kappa shape index (κ3) is 4.25. The largest absolute Gasteiger partial charge is 0.378 e. The first-order valence-corrected chi connectivity index (χ1v) is 9.13. The standard InChI is InChI=1S/C18H31N3O2.HI/c1-3-23-16-13-15(18(16)8-4-9-18)21-17(19-2)20-10-5-14-6-11-22-12-7-14;/h6,15-16H,3-5,7-13H2,1-2H3,(H2,19,20,21);1H. The van der Waals surface area contributed by atoms with E-state index >= 15 is 0 Å². The molecule has 3 aliphatic rings. The molecule has 2 fully saturated rings. The van der Waals surface area contributed by atoms with Gasteiger partial charge in [0.1, 0.15) is 0 Å². The Morgan fingerprint density at radius 2 is 2.29 bits per heavy atom. The van der Waals surface area contributed by atoms with Crippen molar-refractivity contribution in [3.8, 4) is 0 Å². The minimum Gasteiger partial charge on any atom is -0.378 e.